The second-order valence-electron chi connectivity index (χ2n) is 3.78. The zero-order valence-corrected chi connectivity index (χ0v) is 9.41. The first-order chi connectivity index (χ1) is 7.27. The molecule has 0 atom stereocenters. The predicted octanol–water partition coefficient (Wildman–Crippen LogP) is -0.284. The molecule has 0 aromatic heterocycles. The van der Waals surface area contributed by atoms with Gasteiger partial charge in [-0.05, 0) is 13.0 Å². The average molecular weight is 215 g/mol. The normalized spacial score (nSPS) is 16.2. The van der Waals surface area contributed by atoms with E-state index in [9.17, 15) is 4.79 Å². The first kappa shape index (κ1) is 12.3. The Kier molecular flexibility index (Phi) is 5.42. The van der Waals surface area contributed by atoms with Crippen LogP contribution in [0.4, 0.5) is 4.79 Å². The van der Waals surface area contributed by atoms with Crippen LogP contribution in [-0.4, -0.2) is 66.8 Å². The van der Waals surface area contributed by atoms with Gasteiger partial charge in [-0.3, -0.25) is 4.90 Å². The monoisotopic (exact) mass is 215 g/mol. The van der Waals surface area contributed by atoms with Crippen molar-refractivity contribution in [1.29, 1.82) is 0 Å². The van der Waals surface area contributed by atoms with Crippen LogP contribution in [0, 0.1) is 0 Å². The average Bonchev–Trinajstić information content (AvgIpc) is 2.61. The first-order valence-electron chi connectivity index (χ1n) is 5.64. The smallest absolute Gasteiger partial charge is 0.317 e. The van der Waals surface area contributed by atoms with E-state index in [1.807, 2.05) is 4.90 Å². The van der Waals surface area contributed by atoms with Crippen LogP contribution in [-0.2, 0) is 0 Å². The molecule has 0 bridgehead atoms. The second kappa shape index (κ2) is 6.63. The lowest BCUT2D eigenvalue weighted by Gasteiger charge is -2.23. The molecule has 1 rings (SSSR count). The van der Waals surface area contributed by atoms with E-state index in [0.29, 0.717) is 6.54 Å². The van der Waals surface area contributed by atoms with Gasteiger partial charge < -0.3 is 15.3 Å². The molecular formula is C10H21N3O2. The number of carbonyl (C=O) groups is 1. The molecule has 1 heterocycles. The summed E-state index contributed by atoms with van der Waals surface area (Å²) in [6.07, 6.45) is 1.08. The molecule has 0 aromatic rings. The predicted molar refractivity (Wildman–Crippen MR) is 58.8 cm³/mol. The maximum Gasteiger partial charge on any atom is 0.317 e. The summed E-state index contributed by atoms with van der Waals surface area (Å²) in [5, 5.41) is 11.6. The SMILES string of the molecule is CCCN(CCO)CCN1CCNC1=O. The number of urea groups is 1. The van der Waals surface area contributed by atoms with Gasteiger partial charge in [0.2, 0.25) is 0 Å². The minimum absolute atomic E-state index is 0.0375. The number of nitrogens with one attached hydrogen (secondary N) is 1. The Morgan fingerprint density at radius 2 is 2.27 bits per heavy atom. The quantitative estimate of drug-likeness (QED) is 0.614. The lowest BCUT2D eigenvalue weighted by Crippen LogP contribution is -2.38. The van der Waals surface area contributed by atoms with Gasteiger partial charge in [0.1, 0.15) is 0 Å². The molecule has 1 aliphatic rings. The third-order valence-corrected chi connectivity index (χ3v) is 2.59. The van der Waals surface area contributed by atoms with Gasteiger partial charge >= 0.3 is 6.03 Å². The van der Waals surface area contributed by atoms with Crippen LogP contribution in [0.5, 0.6) is 0 Å². The summed E-state index contributed by atoms with van der Waals surface area (Å²) in [5.74, 6) is 0. The Morgan fingerprint density at radius 1 is 1.47 bits per heavy atom. The van der Waals surface area contributed by atoms with Crippen molar-refractivity contribution in [2.75, 3.05) is 45.9 Å². The molecule has 5 heteroatoms. The van der Waals surface area contributed by atoms with E-state index in [-0.39, 0.29) is 12.6 Å². The van der Waals surface area contributed by atoms with Gasteiger partial charge in [0.05, 0.1) is 6.61 Å². The molecule has 0 aromatic carbocycles. The lowest BCUT2D eigenvalue weighted by atomic mass is 10.4. The highest BCUT2D eigenvalue weighted by Gasteiger charge is 2.19. The van der Waals surface area contributed by atoms with E-state index >= 15 is 0 Å². The Morgan fingerprint density at radius 3 is 2.80 bits per heavy atom. The van der Waals surface area contributed by atoms with E-state index < -0.39 is 0 Å². The maximum atomic E-state index is 11.2. The van der Waals surface area contributed by atoms with Crippen molar-refractivity contribution in [1.82, 2.24) is 15.1 Å². The molecule has 2 N–H and O–H groups in total. The fourth-order valence-electron chi connectivity index (χ4n) is 1.78. The fraction of sp³-hybridized carbons (Fsp3) is 0.900. The molecule has 1 saturated heterocycles. The molecule has 0 spiro atoms. The lowest BCUT2D eigenvalue weighted by molar-refractivity contribution is 0.176. The second-order valence-corrected chi connectivity index (χ2v) is 3.78. The molecule has 0 saturated carbocycles. The minimum atomic E-state index is 0.0375. The number of nitrogens with zero attached hydrogens (tertiary/aromatic N) is 2. The van der Waals surface area contributed by atoms with Crippen molar-refractivity contribution in [3.63, 3.8) is 0 Å². The summed E-state index contributed by atoms with van der Waals surface area (Å²) < 4.78 is 0. The van der Waals surface area contributed by atoms with Gasteiger partial charge in [-0.25, -0.2) is 4.79 Å². The number of hydrogen-bond acceptors (Lipinski definition) is 3. The van der Waals surface area contributed by atoms with Crippen LogP contribution in [0.25, 0.3) is 0 Å². The zero-order valence-electron chi connectivity index (χ0n) is 9.41. The summed E-state index contributed by atoms with van der Waals surface area (Å²) >= 11 is 0. The van der Waals surface area contributed by atoms with Gasteiger partial charge in [-0.1, -0.05) is 6.92 Å². The van der Waals surface area contributed by atoms with Crippen LogP contribution in [0.2, 0.25) is 0 Å². The van der Waals surface area contributed by atoms with Crippen molar-refractivity contribution in [3.05, 3.63) is 0 Å². The van der Waals surface area contributed by atoms with Crippen LogP contribution in [0.3, 0.4) is 0 Å². The van der Waals surface area contributed by atoms with Crippen molar-refractivity contribution in [2.24, 2.45) is 0 Å². The Hall–Kier alpha value is -0.810. The molecular weight excluding hydrogens is 194 g/mol. The molecule has 0 radical (unpaired) electrons. The van der Waals surface area contributed by atoms with Gasteiger partial charge in [0.25, 0.3) is 0 Å². The van der Waals surface area contributed by atoms with Crippen molar-refractivity contribution in [2.45, 2.75) is 13.3 Å². The summed E-state index contributed by atoms with van der Waals surface area (Å²) in [6.45, 7) is 7.15. The maximum absolute atomic E-state index is 11.2. The van der Waals surface area contributed by atoms with E-state index in [0.717, 1.165) is 39.1 Å². The fourth-order valence-corrected chi connectivity index (χ4v) is 1.78. The summed E-state index contributed by atoms with van der Waals surface area (Å²) in [5.41, 5.74) is 0. The van der Waals surface area contributed by atoms with Crippen LogP contribution >= 0.6 is 0 Å². The Labute approximate surface area is 91.0 Å². The van der Waals surface area contributed by atoms with Gasteiger partial charge in [-0.2, -0.15) is 0 Å². The third-order valence-electron chi connectivity index (χ3n) is 2.59. The summed E-state index contributed by atoms with van der Waals surface area (Å²) in [7, 11) is 0. The van der Waals surface area contributed by atoms with E-state index in [2.05, 4.69) is 17.1 Å². The number of rotatable bonds is 7. The molecule has 88 valence electrons. The van der Waals surface area contributed by atoms with E-state index in [1.165, 1.54) is 0 Å². The third kappa shape index (κ3) is 4.05. The number of aliphatic hydroxyl groups excluding tert-OH is 1. The first-order valence-corrected chi connectivity index (χ1v) is 5.64. The van der Waals surface area contributed by atoms with Crippen LogP contribution < -0.4 is 5.32 Å². The van der Waals surface area contributed by atoms with Crippen molar-refractivity contribution < 1.29 is 9.90 Å². The van der Waals surface area contributed by atoms with Gasteiger partial charge in [-0.15, -0.1) is 0 Å². The molecule has 15 heavy (non-hydrogen) atoms. The van der Waals surface area contributed by atoms with Gasteiger partial charge in [0, 0.05) is 32.7 Å². The Balaban J connectivity index is 2.22. The highest BCUT2D eigenvalue weighted by atomic mass is 16.3. The van der Waals surface area contributed by atoms with Gasteiger partial charge in [0.15, 0.2) is 0 Å². The molecule has 2 amide bonds. The zero-order chi connectivity index (χ0) is 11.1. The minimum Gasteiger partial charge on any atom is -0.395 e. The number of hydrogen-bond donors (Lipinski definition) is 2. The highest BCUT2D eigenvalue weighted by Crippen LogP contribution is 1.98. The number of amides is 2. The summed E-state index contributed by atoms with van der Waals surface area (Å²) in [6, 6.07) is 0.0375. The van der Waals surface area contributed by atoms with Crippen molar-refractivity contribution >= 4 is 6.03 Å². The van der Waals surface area contributed by atoms with E-state index in [1.54, 1.807) is 0 Å². The molecule has 5 nitrogen and oxygen atoms in total. The van der Waals surface area contributed by atoms with Crippen molar-refractivity contribution in [3.8, 4) is 0 Å². The molecule has 1 fully saturated rings. The van der Waals surface area contributed by atoms with Crippen LogP contribution in [0.1, 0.15) is 13.3 Å². The molecule has 0 unspecified atom stereocenters. The molecule has 0 aliphatic carbocycles. The van der Waals surface area contributed by atoms with E-state index in [4.69, 9.17) is 5.11 Å². The highest BCUT2D eigenvalue weighted by molar-refractivity contribution is 5.76. The topological polar surface area (TPSA) is 55.8 Å². The number of carbonyl (C=O) groups excluding carboxylic acids is 1. The summed E-state index contributed by atoms with van der Waals surface area (Å²) in [4.78, 5) is 15.3. The number of aliphatic hydroxyl groups is 1. The largest absolute Gasteiger partial charge is 0.395 e. The van der Waals surface area contributed by atoms with Crippen LogP contribution in [0.15, 0.2) is 0 Å². The molecule has 1 aliphatic heterocycles. The standard InChI is InChI=1S/C10H21N3O2/c1-2-4-12(8-9-14)6-7-13-5-3-11-10(13)15/h14H,2-9H2,1H3,(H,11,15). The Bertz CT molecular complexity index is 193.